The van der Waals surface area contributed by atoms with E-state index < -0.39 is 0 Å². The highest BCUT2D eigenvalue weighted by Crippen LogP contribution is 2.29. The summed E-state index contributed by atoms with van der Waals surface area (Å²) in [5, 5.41) is 6.92. The summed E-state index contributed by atoms with van der Waals surface area (Å²) in [4.78, 5) is 6.96. The van der Waals surface area contributed by atoms with Crippen molar-refractivity contribution in [3.63, 3.8) is 0 Å². The van der Waals surface area contributed by atoms with E-state index in [1.807, 2.05) is 13.1 Å². The van der Waals surface area contributed by atoms with Crippen LogP contribution in [0.25, 0.3) is 0 Å². The molecule has 0 unspecified atom stereocenters. The van der Waals surface area contributed by atoms with Crippen molar-refractivity contribution in [1.29, 1.82) is 0 Å². The standard InChI is InChI=1S/C19H29FN4/c1-21-19(22-11-3-5-15-4-2-6-16(20)14-15)23-17-9-12-24(13-10-17)18-7-8-18/h2,4,6,14,17-18H,3,5,7-13H2,1H3,(H2,21,22,23). The maximum atomic E-state index is 13.2. The molecular weight excluding hydrogens is 303 g/mol. The largest absolute Gasteiger partial charge is 0.356 e. The fourth-order valence-electron chi connectivity index (χ4n) is 3.43. The maximum absolute atomic E-state index is 13.2. The predicted octanol–water partition coefficient (Wildman–Crippen LogP) is 2.55. The highest BCUT2D eigenvalue weighted by Gasteiger charge is 2.31. The van der Waals surface area contributed by atoms with Crippen LogP contribution in [0.2, 0.25) is 0 Å². The Kier molecular flexibility index (Phi) is 6.07. The first kappa shape index (κ1) is 17.2. The minimum atomic E-state index is -0.157. The molecule has 0 spiro atoms. The van der Waals surface area contributed by atoms with Crippen molar-refractivity contribution in [2.24, 2.45) is 4.99 Å². The Bertz CT molecular complexity index is 548. The molecule has 1 aliphatic heterocycles. The highest BCUT2D eigenvalue weighted by molar-refractivity contribution is 5.79. The topological polar surface area (TPSA) is 39.7 Å². The molecule has 1 heterocycles. The molecular formula is C19H29FN4. The van der Waals surface area contributed by atoms with E-state index in [9.17, 15) is 4.39 Å². The van der Waals surface area contributed by atoms with Crippen LogP contribution in [-0.2, 0) is 6.42 Å². The number of hydrogen-bond donors (Lipinski definition) is 2. The summed E-state index contributed by atoms with van der Waals surface area (Å²) in [5.74, 6) is 0.731. The summed E-state index contributed by atoms with van der Waals surface area (Å²) >= 11 is 0. The number of piperidine rings is 1. The van der Waals surface area contributed by atoms with Gasteiger partial charge in [0.2, 0.25) is 0 Å². The van der Waals surface area contributed by atoms with E-state index >= 15 is 0 Å². The SMILES string of the molecule is CN=C(NCCCc1cccc(F)c1)NC1CCN(C2CC2)CC1. The Balaban J connectivity index is 1.33. The van der Waals surface area contributed by atoms with Gasteiger partial charge in [0.1, 0.15) is 5.82 Å². The van der Waals surface area contributed by atoms with Gasteiger partial charge in [0.15, 0.2) is 5.96 Å². The van der Waals surface area contributed by atoms with E-state index in [0.29, 0.717) is 6.04 Å². The first-order valence-electron chi connectivity index (χ1n) is 9.20. The van der Waals surface area contributed by atoms with Gasteiger partial charge >= 0.3 is 0 Å². The van der Waals surface area contributed by atoms with Crippen LogP contribution in [0.3, 0.4) is 0 Å². The summed E-state index contributed by atoms with van der Waals surface area (Å²) in [5.41, 5.74) is 1.05. The molecule has 5 heteroatoms. The molecule has 0 aromatic heterocycles. The Morgan fingerprint density at radius 3 is 2.71 bits per heavy atom. The second-order valence-corrected chi connectivity index (χ2v) is 6.92. The summed E-state index contributed by atoms with van der Waals surface area (Å²) in [7, 11) is 1.82. The number of nitrogens with zero attached hydrogens (tertiary/aromatic N) is 2. The van der Waals surface area contributed by atoms with Gasteiger partial charge in [-0.1, -0.05) is 12.1 Å². The van der Waals surface area contributed by atoms with Gasteiger partial charge in [-0.3, -0.25) is 4.99 Å². The van der Waals surface area contributed by atoms with Gasteiger partial charge in [0.05, 0.1) is 0 Å². The molecule has 2 aliphatic rings. The molecule has 2 N–H and O–H groups in total. The number of hydrogen-bond acceptors (Lipinski definition) is 2. The number of guanidine groups is 1. The van der Waals surface area contributed by atoms with Crippen LogP contribution in [0, 0.1) is 5.82 Å². The van der Waals surface area contributed by atoms with E-state index in [1.165, 1.54) is 44.8 Å². The fourth-order valence-corrected chi connectivity index (χ4v) is 3.43. The smallest absolute Gasteiger partial charge is 0.191 e. The third-order valence-electron chi connectivity index (χ3n) is 4.98. The van der Waals surface area contributed by atoms with Crippen molar-refractivity contribution in [3.05, 3.63) is 35.6 Å². The third kappa shape index (κ3) is 5.20. The highest BCUT2D eigenvalue weighted by atomic mass is 19.1. The second-order valence-electron chi connectivity index (χ2n) is 6.92. The maximum Gasteiger partial charge on any atom is 0.191 e. The van der Waals surface area contributed by atoms with Crippen LogP contribution in [-0.4, -0.2) is 49.6 Å². The molecule has 0 amide bonds. The fraction of sp³-hybridized carbons (Fsp3) is 0.632. The molecule has 0 radical (unpaired) electrons. The number of halogens is 1. The lowest BCUT2D eigenvalue weighted by atomic mass is 10.1. The summed E-state index contributed by atoms with van der Waals surface area (Å²) in [6, 6.07) is 8.25. The molecule has 0 atom stereocenters. The van der Waals surface area contributed by atoms with Crippen molar-refractivity contribution in [2.75, 3.05) is 26.7 Å². The summed E-state index contributed by atoms with van der Waals surface area (Å²) in [6.45, 7) is 3.26. The molecule has 1 aromatic rings. The first-order chi connectivity index (χ1) is 11.7. The number of benzene rings is 1. The van der Waals surface area contributed by atoms with Gasteiger partial charge in [-0.05, 0) is 56.2 Å². The second kappa shape index (κ2) is 8.47. The average molecular weight is 332 g/mol. The van der Waals surface area contributed by atoms with Crippen LogP contribution in [0.1, 0.15) is 37.7 Å². The van der Waals surface area contributed by atoms with Gasteiger partial charge in [0, 0.05) is 38.8 Å². The molecule has 1 saturated heterocycles. The molecule has 0 bridgehead atoms. The molecule has 1 saturated carbocycles. The van der Waals surface area contributed by atoms with E-state index in [0.717, 1.165) is 37.0 Å². The number of likely N-dealkylation sites (tertiary alicyclic amines) is 1. The minimum Gasteiger partial charge on any atom is -0.356 e. The van der Waals surface area contributed by atoms with Gasteiger partial charge in [-0.25, -0.2) is 4.39 Å². The zero-order chi connectivity index (χ0) is 16.8. The molecule has 132 valence electrons. The molecule has 1 aromatic carbocycles. The Hall–Kier alpha value is -1.62. The van der Waals surface area contributed by atoms with E-state index in [-0.39, 0.29) is 5.82 Å². The zero-order valence-electron chi connectivity index (χ0n) is 14.6. The van der Waals surface area contributed by atoms with Crippen LogP contribution in [0.4, 0.5) is 4.39 Å². The summed E-state index contributed by atoms with van der Waals surface area (Å²) < 4.78 is 13.2. The van der Waals surface area contributed by atoms with Crippen molar-refractivity contribution in [3.8, 4) is 0 Å². The van der Waals surface area contributed by atoms with Gasteiger partial charge < -0.3 is 15.5 Å². The first-order valence-corrected chi connectivity index (χ1v) is 9.20. The lowest BCUT2D eigenvalue weighted by Gasteiger charge is -2.33. The summed E-state index contributed by atoms with van der Waals surface area (Å²) in [6.07, 6.45) is 7.02. The lowest BCUT2D eigenvalue weighted by Crippen LogP contribution is -2.49. The van der Waals surface area contributed by atoms with Crippen LogP contribution in [0.15, 0.2) is 29.3 Å². The number of aryl methyl sites for hydroxylation is 1. The van der Waals surface area contributed by atoms with E-state index in [1.54, 1.807) is 12.1 Å². The predicted molar refractivity (Wildman–Crippen MR) is 96.8 cm³/mol. The molecule has 1 aliphatic carbocycles. The van der Waals surface area contributed by atoms with Crippen molar-refractivity contribution in [1.82, 2.24) is 15.5 Å². The molecule has 3 rings (SSSR count). The number of aliphatic imine (C=N–C) groups is 1. The number of nitrogens with one attached hydrogen (secondary N) is 2. The monoisotopic (exact) mass is 332 g/mol. The van der Waals surface area contributed by atoms with Gasteiger partial charge in [-0.15, -0.1) is 0 Å². The Labute approximate surface area is 144 Å². The zero-order valence-corrected chi connectivity index (χ0v) is 14.6. The minimum absolute atomic E-state index is 0.157. The number of rotatable bonds is 6. The van der Waals surface area contributed by atoms with E-state index in [2.05, 4.69) is 20.5 Å². The lowest BCUT2D eigenvalue weighted by molar-refractivity contribution is 0.197. The van der Waals surface area contributed by atoms with Crippen LogP contribution < -0.4 is 10.6 Å². The van der Waals surface area contributed by atoms with Gasteiger partial charge in [0.25, 0.3) is 0 Å². The Morgan fingerprint density at radius 2 is 2.04 bits per heavy atom. The van der Waals surface area contributed by atoms with Crippen molar-refractivity contribution >= 4 is 5.96 Å². The van der Waals surface area contributed by atoms with Gasteiger partial charge in [-0.2, -0.15) is 0 Å². The normalized spacial score (nSPS) is 20.2. The van der Waals surface area contributed by atoms with Crippen molar-refractivity contribution < 1.29 is 4.39 Å². The average Bonchev–Trinajstić information content (AvgIpc) is 3.43. The third-order valence-corrected chi connectivity index (χ3v) is 4.98. The van der Waals surface area contributed by atoms with Crippen LogP contribution in [0.5, 0.6) is 0 Å². The molecule has 24 heavy (non-hydrogen) atoms. The molecule has 2 fully saturated rings. The van der Waals surface area contributed by atoms with E-state index in [4.69, 9.17) is 0 Å². The Morgan fingerprint density at radius 1 is 1.25 bits per heavy atom. The molecule has 4 nitrogen and oxygen atoms in total. The van der Waals surface area contributed by atoms with Crippen molar-refractivity contribution in [2.45, 2.75) is 50.6 Å². The quantitative estimate of drug-likeness (QED) is 0.478. The van der Waals surface area contributed by atoms with Crippen LogP contribution >= 0.6 is 0 Å².